The molecule has 1 N–H and O–H groups in total. The quantitative estimate of drug-likeness (QED) is 0.264. The molecular formula is C27H25BrCl4N2O3. The topological polar surface area (TPSA) is 47.5 Å². The standard InChI is InChI=1S/C27H25Cl4N2O3.BrH/c1-35-22-4-2-3-18(11-22)26(34)14-32-9-10-33(17-32)15-27(23-8-7-21(29)13-25(23)31)36-16-19-5-6-20(28)12-24(19)30;/h2-13,17,26-27,34H,14-16H2,1H3;1H/q+1;/p-1. The van der Waals surface area contributed by atoms with Crippen molar-refractivity contribution in [3.8, 4) is 5.75 Å². The number of methoxy groups -OCH3 is 1. The maximum Gasteiger partial charge on any atom is 0.243 e. The lowest BCUT2D eigenvalue weighted by atomic mass is 10.1. The first-order chi connectivity index (χ1) is 17.3. The van der Waals surface area contributed by atoms with Gasteiger partial charge in [0.2, 0.25) is 6.33 Å². The number of rotatable bonds is 10. The number of hydrogen-bond acceptors (Lipinski definition) is 3. The summed E-state index contributed by atoms with van der Waals surface area (Å²) >= 11 is 25.0. The first-order valence-electron chi connectivity index (χ1n) is 11.2. The fourth-order valence-corrected chi connectivity index (χ4v) is 4.83. The minimum atomic E-state index is -0.689. The molecule has 0 fully saturated rings. The second-order valence-electron chi connectivity index (χ2n) is 8.30. The summed E-state index contributed by atoms with van der Waals surface area (Å²) in [7, 11) is 1.60. The Morgan fingerprint density at radius 2 is 1.68 bits per heavy atom. The third-order valence-electron chi connectivity index (χ3n) is 5.75. The van der Waals surface area contributed by atoms with Crippen LogP contribution >= 0.6 is 46.4 Å². The van der Waals surface area contributed by atoms with E-state index in [0.717, 1.165) is 16.7 Å². The van der Waals surface area contributed by atoms with Gasteiger partial charge in [-0.2, -0.15) is 0 Å². The molecule has 196 valence electrons. The maximum absolute atomic E-state index is 10.7. The van der Waals surface area contributed by atoms with Gasteiger partial charge in [0.25, 0.3) is 0 Å². The molecule has 0 radical (unpaired) electrons. The predicted octanol–water partition coefficient (Wildman–Crippen LogP) is 4.09. The van der Waals surface area contributed by atoms with E-state index >= 15 is 0 Å². The van der Waals surface area contributed by atoms with Gasteiger partial charge in [-0.1, -0.05) is 70.7 Å². The van der Waals surface area contributed by atoms with Crippen LogP contribution in [0.5, 0.6) is 5.75 Å². The fourth-order valence-electron chi connectivity index (χ4n) is 3.83. The molecule has 3 aromatic carbocycles. The molecule has 4 rings (SSSR count). The zero-order valence-corrected chi connectivity index (χ0v) is 24.4. The van der Waals surface area contributed by atoms with E-state index in [1.807, 2.05) is 64.3 Å². The molecule has 0 amide bonds. The number of imidazole rings is 1. The van der Waals surface area contributed by atoms with Crippen LogP contribution in [0.4, 0.5) is 0 Å². The lowest BCUT2D eigenvalue weighted by Crippen LogP contribution is -3.00. The summed E-state index contributed by atoms with van der Waals surface area (Å²) in [4.78, 5) is 0. The molecule has 0 saturated heterocycles. The van der Waals surface area contributed by atoms with Gasteiger partial charge in [-0.15, -0.1) is 0 Å². The number of halogens is 5. The second-order valence-corrected chi connectivity index (χ2v) is 9.99. The number of ether oxygens (including phenoxy) is 2. The van der Waals surface area contributed by atoms with Gasteiger partial charge in [0.05, 0.1) is 13.7 Å². The summed E-state index contributed by atoms with van der Waals surface area (Å²) in [5.41, 5.74) is 2.41. The average molecular weight is 647 g/mol. The summed E-state index contributed by atoms with van der Waals surface area (Å²) < 4.78 is 15.5. The van der Waals surface area contributed by atoms with E-state index in [2.05, 4.69) is 0 Å². The van der Waals surface area contributed by atoms with E-state index in [4.69, 9.17) is 55.9 Å². The van der Waals surface area contributed by atoms with E-state index < -0.39 is 6.10 Å². The van der Waals surface area contributed by atoms with Gasteiger partial charge >= 0.3 is 0 Å². The van der Waals surface area contributed by atoms with Gasteiger partial charge in [0.15, 0.2) is 0 Å². The number of hydrogen-bond donors (Lipinski definition) is 1. The van der Waals surface area contributed by atoms with Gasteiger partial charge < -0.3 is 31.6 Å². The Balaban J connectivity index is 0.00000380. The zero-order valence-electron chi connectivity index (χ0n) is 19.8. The monoisotopic (exact) mass is 644 g/mol. The van der Waals surface area contributed by atoms with Gasteiger partial charge in [-0.25, -0.2) is 9.13 Å². The maximum atomic E-state index is 10.7. The zero-order chi connectivity index (χ0) is 25.7. The van der Waals surface area contributed by atoms with Crippen LogP contribution in [-0.4, -0.2) is 16.8 Å². The molecule has 5 nitrogen and oxygen atoms in total. The Morgan fingerprint density at radius 3 is 2.38 bits per heavy atom. The molecule has 0 aliphatic carbocycles. The molecule has 10 heteroatoms. The Morgan fingerprint density at radius 1 is 0.946 bits per heavy atom. The smallest absolute Gasteiger partial charge is 0.243 e. The van der Waals surface area contributed by atoms with Crippen molar-refractivity contribution in [1.29, 1.82) is 0 Å². The van der Waals surface area contributed by atoms with Crippen molar-refractivity contribution in [3.05, 3.63) is 116 Å². The minimum absolute atomic E-state index is 0. The number of aliphatic hydroxyl groups is 1. The van der Waals surface area contributed by atoms with Crippen LogP contribution < -0.4 is 26.3 Å². The van der Waals surface area contributed by atoms with E-state index in [1.54, 1.807) is 31.4 Å². The van der Waals surface area contributed by atoms with Crippen LogP contribution in [0.1, 0.15) is 28.9 Å². The van der Waals surface area contributed by atoms with Crippen LogP contribution in [-0.2, 0) is 24.4 Å². The SMILES string of the molecule is COc1cccc(C(O)Cn2cc[n+](CC(OCc3ccc(Cl)cc3Cl)c3ccc(Cl)cc3Cl)c2)c1.[Br-]. The Kier molecular flexibility index (Phi) is 11.2. The van der Waals surface area contributed by atoms with Gasteiger partial charge in [-0.3, -0.25) is 0 Å². The van der Waals surface area contributed by atoms with Crippen molar-refractivity contribution in [2.24, 2.45) is 0 Å². The van der Waals surface area contributed by atoms with Crippen LogP contribution in [0, 0.1) is 0 Å². The normalized spacial score (nSPS) is 12.6. The molecule has 0 saturated carbocycles. The summed E-state index contributed by atoms with van der Waals surface area (Å²) in [5, 5.41) is 12.9. The van der Waals surface area contributed by atoms with Crippen molar-refractivity contribution in [3.63, 3.8) is 0 Å². The van der Waals surface area contributed by atoms with Crippen LogP contribution in [0.3, 0.4) is 0 Å². The molecule has 2 unspecified atom stereocenters. The molecular weight excluding hydrogens is 622 g/mol. The average Bonchev–Trinajstić information content (AvgIpc) is 3.29. The summed E-state index contributed by atoms with van der Waals surface area (Å²) in [6.45, 7) is 1.14. The van der Waals surface area contributed by atoms with Gasteiger partial charge in [-0.05, 0) is 47.5 Å². The van der Waals surface area contributed by atoms with Crippen molar-refractivity contribution in [1.82, 2.24) is 4.57 Å². The highest BCUT2D eigenvalue weighted by atomic mass is 79.9. The van der Waals surface area contributed by atoms with Crippen molar-refractivity contribution >= 4 is 46.4 Å². The van der Waals surface area contributed by atoms with E-state index in [-0.39, 0.29) is 29.7 Å². The number of aromatic nitrogens is 2. The van der Waals surface area contributed by atoms with Crippen LogP contribution in [0.25, 0.3) is 0 Å². The summed E-state index contributed by atoms with van der Waals surface area (Å²) in [6, 6.07) is 18.1. The first kappa shape index (κ1) is 29.8. The number of benzene rings is 3. The van der Waals surface area contributed by atoms with Gasteiger partial charge in [0, 0.05) is 25.7 Å². The molecule has 0 bridgehead atoms. The molecule has 0 spiro atoms. The molecule has 0 aliphatic heterocycles. The molecule has 0 aliphatic rings. The highest BCUT2D eigenvalue weighted by molar-refractivity contribution is 6.35. The highest BCUT2D eigenvalue weighted by Gasteiger charge is 2.21. The minimum Gasteiger partial charge on any atom is -1.00 e. The predicted molar refractivity (Wildman–Crippen MR) is 143 cm³/mol. The summed E-state index contributed by atoms with van der Waals surface area (Å²) in [5.74, 6) is 0.703. The van der Waals surface area contributed by atoms with Gasteiger partial charge in [0.1, 0.15) is 43.4 Å². The van der Waals surface area contributed by atoms with Crippen molar-refractivity contribution in [2.75, 3.05) is 7.11 Å². The number of nitrogens with zero attached hydrogens (tertiary/aromatic N) is 2. The van der Waals surface area contributed by atoms with Crippen molar-refractivity contribution in [2.45, 2.75) is 31.9 Å². The third-order valence-corrected chi connectivity index (χ3v) is 6.90. The highest BCUT2D eigenvalue weighted by Crippen LogP contribution is 2.31. The molecule has 1 aromatic heterocycles. The van der Waals surface area contributed by atoms with E-state index in [1.165, 1.54) is 0 Å². The van der Waals surface area contributed by atoms with Crippen LogP contribution in [0.2, 0.25) is 20.1 Å². The Bertz CT molecular complexity index is 1330. The molecule has 37 heavy (non-hydrogen) atoms. The summed E-state index contributed by atoms with van der Waals surface area (Å²) in [6.07, 6.45) is 4.67. The molecule has 1 heterocycles. The lowest BCUT2D eigenvalue weighted by molar-refractivity contribution is -0.705. The van der Waals surface area contributed by atoms with E-state index in [9.17, 15) is 5.11 Å². The molecule has 4 aromatic rings. The Labute approximate surface area is 246 Å². The fraction of sp³-hybridized carbons (Fsp3) is 0.222. The third kappa shape index (κ3) is 8.11. The molecule has 2 atom stereocenters. The Hall–Kier alpha value is -1.77. The largest absolute Gasteiger partial charge is 1.00 e. The lowest BCUT2D eigenvalue weighted by Gasteiger charge is -2.19. The second kappa shape index (κ2) is 13.9. The number of aliphatic hydroxyl groups excluding tert-OH is 1. The van der Waals surface area contributed by atoms with Crippen molar-refractivity contribution < 1.29 is 36.1 Å². The first-order valence-corrected chi connectivity index (χ1v) is 12.7. The van der Waals surface area contributed by atoms with Crippen LogP contribution in [0.15, 0.2) is 79.4 Å². The van der Waals surface area contributed by atoms with E-state index in [0.29, 0.717) is 38.9 Å².